The molecule has 1 aliphatic rings. The number of aliphatic hydroxyl groups is 2. The predicted molar refractivity (Wildman–Crippen MR) is 109 cm³/mol. The summed E-state index contributed by atoms with van der Waals surface area (Å²) in [6.07, 6.45) is -0.555. The molecule has 0 fully saturated rings. The third-order valence-corrected chi connectivity index (χ3v) is 5.23. The summed E-state index contributed by atoms with van der Waals surface area (Å²) in [6, 6.07) is 6.31. The zero-order valence-electron chi connectivity index (χ0n) is 16.4. The Balaban J connectivity index is 2.19. The van der Waals surface area contributed by atoms with Crippen molar-refractivity contribution in [1.29, 1.82) is 0 Å². The molecule has 10 heteroatoms. The Bertz CT molecular complexity index is 1150. The van der Waals surface area contributed by atoms with E-state index in [2.05, 4.69) is 0 Å². The van der Waals surface area contributed by atoms with Crippen molar-refractivity contribution < 1.29 is 50.4 Å². The van der Waals surface area contributed by atoms with E-state index in [9.17, 15) is 50.4 Å². The number of rotatable bonds is 6. The van der Waals surface area contributed by atoms with Gasteiger partial charge < -0.3 is 40.9 Å². The van der Waals surface area contributed by atoms with Crippen molar-refractivity contribution in [2.75, 3.05) is 0 Å². The zero-order chi connectivity index (χ0) is 23.7. The highest BCUT2D eigenvalue weighted by Gasteiger charge is 2.40. The number of benzene rings is 2. The van der Waals surface area contributed by atoms with Gasteiger partial charge in [0.1, 0.15) is 40.6 Å². The molecule has 2 aromatic carbocycles. The number of aliphatic hydroxyl groups excluding tert-OH is 2. The van der Waals surface area contributed by atoms with Gasteiger partial charge in [-0.2, -0.15) is 0 Å². The highest BCUT2D eigenvalue weighted by Crippen LogP contribution is 2.44. The molecular weight excluding hydrogens is 424 g/mol. The van der Waals surface area contributed by atoms with Gasteiger partial charge in [0, 0.05) is 34.4 Å². The maximum atomic E-state index is 12.1. The van der Waals surface area contributed by atoms with Gasteiger partial charge in [-0.1, -0.05) is 18.2 Å². The van der Waals surface area contributed by atoms with Crippen LogP contribution >= 0.6 is 0 Å². The molecule has 0 radical (unpaired) electrons. The highest BCUT2D eigenvalue weighted by molar-refractivity contribution is 5.85. The molecular formula is C22H20O10. The van der Waals surface area contributed by atoms with Crippen LogP contribution in [0.3, 0.4) is 0 Å². The minimum atomic E-state index is -1.77. The molecule has 0 bridgehead atoms. The molecule has 0 saturated heterocycles. The molecule has 3 atom stereocenters. The molecule has 3 rings (SSSR count). The second kappa shape index (κ2) is 8.52. The smallest absolute Gasteiger partial charge is 0.315 e. The summed E-state index contributed by atoms with van der Waals surface area (Å²) in [5, 5.41) is 80.2. The monoisotopic (exact) mass is 444 g/mol. The van der Waals surface area contributed by atoms with E-state index in [1.807, 2.05) is 0 Å². The van der Waals surface area contributed by atoms with Gasteiger partial charge in [-0.05, 0) is 18.6 Å². The van der Waals surface area contributed by atoms with Gasteiger partial charge in [0.2, 0.25) is 0 Å². The summed E-state index contributed by atoms with van der Waals surface area (Å²) in [4.78, 5) is 24.1. The van der Waals surface area contributed by atoms with E-state index in [1.54, 1.807) is 0 Å². The van der Waals surface area contributed by atoms with E-state index in [-0.39, 0.29) is 34.6 Å². The summed E-state index contributed by atoms with van der Waals surface area (Å²) in [5.41, 5.74) is -1.15. The van der Waals surface area contributed by atoms with Gasteiger partial charge in [0.05, 0.1) is 6.10 Å². The SMILES string of the molecule is O=C(O)C(C1=CCC(O)C(C(C(=O)O)c2ccc(O)cc2O)=C1O)c1ccc(O)cc1O. The number of aromatic hydroxyl groups is 4. The maximum absolute atomic E-state index is 12.1. The van der Waals surface area contributed by atoms with Crippen molar-refractivity contribution in [3.05, 3.63) is 70.5 Å². The third kappa shape index (κ3) is 4.03. The number of hydrogen-bond acceptors (Lipinski definition) is 8. The van der Waals surface area contributed by atoms with Crippen molar-refractivity contribution in [3.63, 3.8) is 0 Å². The number of phenolic OH excluding ortho intramolecular Hbond substituents is 4. The van der Waals surface area contributed by atoms with Crippen LogP contribution in [0.4, 0.5) is 0 Å². The maximum Gasteiger partial charge on any atom is 0.315 e. The second-order valence-corrected chi connectivity index (χ2v) is 7.24. The number of phenols is 4. The van der Waals surface area contributed by atoms with Gasteiger partial charge in [0.25, 0.3) is 0 Å². The molecule has 2 aromatic rings. The van der Waals surface area contributed by atoms with Crippen LogP contribution in [0.15, 0.2) is 59.4 Å². The molecule has 1 aliphatic carbocycles. The summed E-state index contributed by atoms with van der Waals surface area (Å²) in [6.45, 7) is 0. The van der Waals surface area contributed by atoms with Gasteiger partial charge in [-0.15, -0.1) is 0 Å². The highest BCUT2D eigenvalue weighted by atomic mass is 16.4. The molecule has 0 saturated carbocycles. The zero-order valence-corrected chi connectivity index (χ0v) is 16.4. The quantitative estimate of drug-likeness (QED) is 0.326. The van der Waals surface area contributed by atoms with E-state index in [4.69, 9.17) is 0 Å². The van der Waals surface area contributed by atoms with Gasteiger partial charge in [0.15, 0.2) is 0 Å². The average molecular weight is 444 g/mol. The molecule has 0 spiro atoms. The van der Waals surface area contributed by atoms with Crippen LogP contribution in [0.25, 0.3) is 0 Å². The van der Waals surface area contributed by atoms with Crippen LogP contribution in [-0.2, 0) is 9.59 Å². The summed E-state index contributed by atoms with van der Waals surface area (Å²) < 4.78 is 0. The van der Waals surface area contributed by atoms with Crippen LogP contribution in [0.1, 0.15) is 29.4 Å². The van der Waals surface area contributed by atoms with Crippen molar-refractivity contribution >= 4 is 11.9 Å². The van der Waals surface area contributed by atoms with Gasteiger partial charge >= 0.3 is 11.9 Å². The Morgan fingerprint density at radius 2 is 1.25 bits per heavy atom. The molecule has 0 aliphatic heterocycles. The number of carbonyl (C=O) groups is 2. The Morgan fingerprint density at radius 1 is 0.781 bits per heavy atom. The van der Waals surface area contributed by atoms with Crippen molar-refractivity contribution in [2.24, 2.45) is 0 Å². The van der Waals surface area contributed by atoms with Crippen molar-refractivity contribution in [3.8, 4) is 23.0 Å². The normalized spacial score (nSPS) is 18.0. The Hall–Kier alpha value is -4.18. The topological polar surface area (TPSA) is 196 Å². The number of carboxylic acids is 2. The van der Waals surface area contributed by atoms with E-state index in [1.165, 1.54) is 6.08 Å². The van der Waals surface area contributed by atoms with Crippen molar-refractivity contribution in [1.82, 2.24) is 0 Å². The number of allylic oxidation sites excluding steroid dienone is 1. The molecule has 0 amide bonds. The molecule has 3 unspecified atom stereocenters. The summed E-state index contributed by atoms with van der Waals surface area (Å²) in [7, 11) is 0. The molecule has 0 aromatic heterocycles. The minimum absolute atomic E-state index is 0.178. The first-order chi connectivity index (χ1) is 15.0. The number of aliphatic carboxylic acids is 2. The lowest BCUT2D eigenvalue weighted by Gasteiger charge is -2.29. The van der Waals surface area contributed by atoms with Crippen LogP contribution < -0.4 is 0 Å². The number of hydrogen-bond donors (Lipinski definition) is 8. The van der Waals surface area contributed by atoms with Crippen LogP contribution in [0.2, 0.25) is 0 Å². The lowest BCUT2D eigenvalue weighted by atomic mass is 9.77. The molecule has 168 valence electrons. The van der Waals surface area contributed by atoms with Gasteiger partial charge in [-0.25, -0.2) is 0 Å². The van der Waals surface area contributed by atoms with Crippen molar-refractivity contribution in [2.45, 2.75) is 24.4 Å². The molecule has 0 heterocycles. The Labute approximate surface area is 180 Å². The first-order valence-electron chi connectivity index (χ1n) is 9.33. The summed E-state index contributed by atoms with van der Waals surface area (Å²) >= 11 is 0. The lowest BCUT2D eigenvalue weighted by molar-refractivity contribution is -0.138. The van der Waals surface area contributed by atoms with E-state index >= 15 is 0 Å². The third-order valence-electron chi connectivity index (χ3n) is 5.23. The van der Waals surface area contributed by atoms with Gasteiger partial charge in [-0.3, -0.25) is 9.59 Å². The average Bonchev–Trinajstić information content (AvgIpc) is 2.69. The standard InChI is InChI=1S/C22H20O10/c23-9-1-3-11(15(26)7-9)17(21(29)30)13-5-6-14(25)19(20(13)28)18(22(31)32)12-4-2-10(24)8-16(12)27/h1-5,7-8,14,17-18,23-28H,6H2,(H,29,30)(H,31,32). The lowest BCUT2D eigenvalue weighted by Crippen LogP contribution is -2.29. The Morgan fingerprint density at radius 3 is 1.69 bits per heavy atom. The minimum Gasteiger partial charge on any atom is -0.508 e. The largest absolute Gasteiger partial charge is 0.508 e. The molecule has 32 heavy (non-hydrogen) atoms. The van der Waals surface area contributed by atoms with E-state index in [0.29, 0.717) is 0 Å². The summed E-state index contributed by atoms with van der Waals surface area (Å²) in [5.74, 6) is -9.10. The first kappa shape index (κ1) is 22.5. The Kier molecular flexibility index (Phi) is 5.99. The van der Waals surface area contributed by atoms with Crippen LogP contribution in [0, 0.1) is 0 Å². The van der Waals surface area contributed by atoms with Crippen LogP contribution in [-0.4, -0.2) is 58.9 Å². The first-order valence-corrected chi connectivity index (χ1v) is 9.33. The fourth-order valence-corrected chi connectivity index (χ4v) is 3.79. The van der Waals surface area contributed by atoms with E-state index in [0.717, 1.165) is 36.4 Å². The fraction of sp³-hybridized carbons (Fsp3) is 0.182. The number of carboxylic acid groups (broad SMARTS) is 2. The van der Waals surface area contributed by atoms with Crippen LogP contribution in [0.5, 0.6) is 23.0 Å². The molecule has 8 N–H and O–H groups in total. The fourth-order valence-electron chi connectivity index (χ4n) is 3.79. The second-order valence-electron chi connectivity index (χ2n) is 7.24. The predicted octanol–water partition coefficient (Wildman–Crippen LogP) is 2.05. The molecule has 10 nitrogen and oxygen atoms in total. The van der Waals surface area contributed by atoms with E-state index < -0.39 is 52.7 Å².